The van der Waals surface area contributed by atoms with E-state index in [1.54, 1.807) is 11.3 Å². The van der Waals surface area contributed by atoms with Crippen molar-refractivity contribution in [2.75, 3.05) is 0 Å². The van der Waals surface area contributed by atoms with Gasteiger partial charge in [0.25, 0.3) is 0 Å². The largest absolute Gasteiger partial charge is 0.388 e. The summed E-state index contributed by atoms with van der Waals surface area (Å²) in [5, 5.41) is 12.4. The standard InChI is InChI=1S/C24H30O2S/c1-2-3-4-10-23(25)19-13-11-18(12-14-19)21-15-16-24(26)22(21)9-5-7-20-8-6-17-27-20/h6,8,11-15,17,22-23,25H,2-5,7,9-10,16H2,1H3/t22-,23?/m1/s1. The van der Waals surface area contributed by atoms with E-state index in [2.05, 4.69) is 42.6 Å². The molecule has 0 radical (unpaired) electrons. The number of allylic oxidation sites excluding steroid dienone is 2. The van der Waals surface area contributed by atoms with Crippen LogP contribution >= 0.6 is 11.3 Å². The SMILES string of the molecule is CCCCCC(O)c1ccc(C2=CCC(=O)[C@@H]2CCCc2cccs2)cc1. The van der Waals surface area contributed by atoms with Crippen LogP contribution in [0, 0.1) is 5.92 Å². The Morgan fingerprint density at radius 2 is 1.96 bits per heavy atom. The highest BCUT2D eigenvalue weighted by Gasteiger charge is 2.28. The van der Waals surface area contributed by atoms with Crippen LogP contribution < -0.4 is 0 Å². The third kappa shape index (κ3) is 5.40. The first-order valence-electron chi connectivity index (χ1n) is 10.2. The van der Waals surface area contributed by atoms with Gasteiger partial charge in [0.1, 0.15) is 5.78 Å². The van der Waals surface area contributed by atoms with Crippen molar-refractivity contribution in [2.45, 2.75) is 64.4 Å². The minimum Gasteiger partial charge on any atom is -0.388 e. The van der Waals surface area contributed by atoms with E-state index in [9.17, 15) is 9.90 Å². The molecule has 3 heteroatoms. The van der Waals surface area contributed by atoms with Gasteiger partial charge in [0, 0.05) is 17.2 Å². The second-order valence-corrected chi connectivity index (χ2v) is 8.52. The Kier molecular flexibility index (Phi) is 7.42. The number of thiophene rings is 1. The van der Waals surface area contributed by atoms with Crippen molar-refractivity contribution in [3.8, 4) is 0 Å². The van der Waals surface area contributed by atoms with Gasteiger partial charge in [-0.1, -0.05) is 62.6 Å². The number of aliphatic hydroxyl groups is 1. The van der Waals surface area contributed by atoms with E-state index in [4.69, 9.17) is 0 Å². The molecule has 3 rings (SSSR count). The third-order valence-corrected chi connectivity index (χ3v) is 6.43. The van der Waals surface area contributed by atoms with Crippen molar-refractivity contribution < 1.29 is 9.90 Å². The molecular formula is C24H30O2S. The summed E-state index contributed by atoms with van der Waals surface area (Å²) < 4.78 is 0. The fourth-order valence-electron chi connectivity index (χ4n) is 3.89. The average molecular weight is 383 g/mol. The van der Waals surface area contributed by atoms with Crippen LogP contribution in [0.2, 0.25) is 0 Å². The number of aliphatic hydroxyl groups excluding tert-OH is 1. The zero-order valence-electron chi connectivity index (χ0n) is 16.2. The predicted octanol–water partition coefficient (Wildman–Crippen LogP) is 6.36. The average Bonchev–Trinajstić information content (AvgIpc) is 3.32. The van der Waals surface area contributed by atoms with Crippen molar-refractivity contribution in [3.05, 3.63) is 63.9 Å². The van der Waals surface area contributed by atoms with Crippen molar-refractivity contribution in [2.24, 2.45) is 5.92 Å². The van der Waals surface area contributed by atoms with E-state index < -0.39 is 0 Å². The summed E-state index contributed by atoms with van der Waals surface area (Å²) in [4.78, 5) is 13.8. The summed E-state index contributed by atoms with van der Waals surface area (Å²) in [5.74, 6) is 0.380. The molecule has 0 fully saturated rings. The van der Waals surface area contributed by atoms with E-state index in [-0.39, 0.29) is 12.0 Å². The van der Waals surface area contributed by atoms with Gasteiger partial charge in [0.2, 0.25) is 0 Å². The van der Waals surface area contributed by atoms with Crippen LogP contribution in [0.1, 0.15) is 74.0 Å². The Balaban J connectivity index is 1.59. The van der Waals surface area contributed by atoms with Gasteiger partial charge in [0.15, 0.2) is 0 Å². The van der Waals surface area contributed by atoms with Crippen LogP contribution in [0.4, 0.5) is 0 Å². The molecule has 144 valence electrons. The highest BCUT2D eigenvalue weighted by molar-refractivity contribution is 7.09. The second kappa shape index (κ2) is 10.0. The predicted molar refractivity (Wildman–Crippen MR) is 114 cm³/mol. The number of hydrogen-bond acceptors (Lipinski definition) is 3. The van der Waals surface area contributed by atoms with Crippen molar-refractivity contribution in [1.29, 1.82) is 0 Å². The molecule has 2 nitrogen and oxygen atoms in total. The van der Waals surface area contributed by atoms with Gasteiger partial charge in [-0.25, -0.2) is 0 Å². The number of carbonyl (C=O) groups is 1. The van der Waals surface area contributed by atoms with Gasteiger partial charge in [0.05, 0.1) is 6.10 Å². The van der Waals surface area contributed by atoms with Crippen molar-refractivity contribution in [1.82, 2.24) is 0 Å². The van der Waals surface area contributed by atoms with Gasteiger partial charge in [-0.05, 0) is 53.8 Å². The summed E-state index contributed by atoms with van der Waals surface area (Å²) in [6, 6.07) is 12.5. The van der Waals surface area contributed by atoms with Crippen LogP contribution in [0.3, 0.4) is 0 Å². The molecule has 0 saturated carbocycles. The molecule has 0 saturated heterocycles. The maximum absolute atomic E-state index is 12.4. The minimum atomic E-state index is -0.383. The number of benzene rings is 1. The highest BCUT2D eigenvalue weighted by atomic mass is 32.1. The molecule has 1 unspecified atom stereocenters. The lowest BCUT2D eigenvalue weighted by molar-refractivity contribution is -0.119. The van der Waals surface area contributed by atoms with Gasteiger partial charge < -0.3 is 5.11 Å². The summed E-state index contributed by atoms with van der Waals surface area (Å²) in [6.07, 6.45) is 9.51. The molecule has 0 bridgehead atoms. The Labute approximate surface area is 166 Å². The Bertz CT molecular complexity index is 743. The van der Waals surface area contributed by atoms with Crippen LogP contribution in [0.15, 0.2) is 47.9 Å². The van der Waals surface area contributed by atoms with E-state index in [1.165, 1.54) is 16.9 Å². The maximum atomic E-state index is 12.4. The number of rotatable bonds is 10. The number of unbranched alkanes of at least 4 members (excludes halogenated alkanes) is 2. The smallest absolute Gasteiger partial charge is 0.144 e. The number of aryl methyl sites for hydroxylation is 1. The summed E-state index contributed by atoms with van der Waals surface area (Å²) in [7, 11) is 0. The summed E-state index contributed by atoms with van der Waals surface area (Å²) in [5.41, 5.74) is 3.29. The third-order valence-electron chi connectivity index (χ3n) is 5.49. The fraction of sp³-hybridized carbons (Fsp3) is 0.458. The first-order chi connectivity index (χ1) is 13.2. The Morgan fingerprint density at radius 1 is 1.15 bits per heavy atom. The van der Waals surface area contributed by atoms with Crippen LogP contribution in [-0.2, 0) is 11.2 Å². The molecule has 1 heterocycles. The van der Waals surface area contributed by atoms with Crippen molar-refractivity contribution in [3.63, 3.8) is 0 Å². The molecular weight excluding hydrogens is 352 g/mol. The molecule has 1 aromatic carbocycles. The number of hydrogen-bond donors (Lipinski definition) is 1. The molecule has 0 aliphatic heterocycles. The van der Waals surface area contributed by atoms with Crippen LogP contribution in [0.5, 0.6) is 0 Å². The van der Waals surface area contributed by atoms with Gasteiger partial charge in [-0.15, -0.1) is 11.3 Å². The molecule has 1 aromatic heterocycles. The molecule has 27 heavy (non-hydrogen) atoms. The lowest BCUT2D eigenvalue weighted by Crippen LogP contribution is -2.10. The first kappa shape index (κ1) is 20.0. The number of Topliss-reactive ketones (excluding diaryl/α,β-unsaturated/α-hetero) is 1. The monoisotopic (exact) mass is 382 g/mol. The molecule has 2 atom stereocenters. The van der Waals surface area contributed by atoms with E-state index in [1.807, 2.05) is 12.1 Å². The normalized spacial score (nSPS) is 17.9. The number of carbonyl (C=O) groups excluding carboxylic acids is 1. The molecule has 0 amide bonds. The molecule has 1 N–H and O–H groups in total. The summed E-state index contributed by atoms with van der Waals surface area (Å²) in [6.45, 7) is 2.18. The lowest BCUT2D eigenvalue weighted by Gasteiger charge is -2.16. The minimum absolute atomic E-state index is 0.0327. The van der Waals surface area contributed by atoms with Crippen LogP contribution in [0.25, 0.3) is 5.57 Å². The highest BCUT2D eigenvalue weighted by Crippen LogP contribution is 2.35. The Hall–Kier alpha value is -1.71. The molecule has 1 aliphatic rings. The van der Waals surface area contributed by atoms with Gasteiger partial charge in [-0.2, -0.15) is 0 Å². The Morgan fingerprint density at radius 3 is 2.67 bits per heavy atom. The molecule has 0 spiro atoms. The lowest BCUT2D eigenvalue weighted by atomic mass is 9.89. The summed E-state index contributed by atoms with van der Waals surface area (Å²) >= 11 is 1.79. The topological polar surface area (TPSA) is 37.3 Å². The number of ketones is 1. The van der Waals surface area contributed by atoms with E-state index in [0.29, 0.717) is 12.2 Å². The molecule has 2 aromatic rings. The van der Waals surface area contributed by atoms with Gasteiger partial charge in [-0.3, -0.25) is 4.79 Å². The first-order valence-corrected chi connectivity index (χ1v) is 11.1. The second-order valence-electron chi connectivity index (χ2n) is 7.49. The van der Waals surface area contributed by atoms with Gasteiger partial charge >= 0.3 is 0 Å². The fourth-order valence-corrected chi connectivity index (χ4v) is 4.64. The molecule has 1 aliphatic carbocycles. The van der Waals surface area contributed by atoms with E-state index in [0.717, 1.165) is 49.7 Å². The maximum Gasteiger partial charge on any atom is 0.144 e. The van der Waals surface area contributed by atoms with E-state index >= 15 is 0 Å². The zero-order chi connectivity index (χ0) is 19.1. The quantitative estimate of drug-likeness (QED) is 0.486. The zero-order valence-corrected chi connectivity index (χ0v) is 17.0. The van der Waals surface area contributed by atoms with Crippen LogP contribution in [-0.4, -0.2) is 10.9 Å². The van der Waals surface area contributed by atoms with Crippen molar-refractivity contribution >= 4 is 22.7 Å².